The Morgan fingerprint density at radius 2 is 0.755 bits per heavy atom. The van der Waals surface area contributed by atoms with E-state index >= 15 is 0 Å². The van der Waals surface area contributed by atoms with E-state index in [-0.39, 0.29) is 0 Å². The summed E-state index contributed by atoms with van der Waals surface area (Å²) in [4.78, 5) is 20.2. The smallest absolute Gasteiger partial charge is 0.164 e. The Morgan fingerprint density at radius 3 is 1.38 bits per heavy atom. The highest BCUT2D eigenvalue weighted by Gasteiger charge is 2.21. The number of aromatic nitrogens is 5. The zero-order chi connectivity index (χ0) is 35.1. The Kier molecular flexibility index (Phi) is 7.40. The number of rotatable bonds is 6. The molecule has 53 heavy (non-hydrogen) atoms. The molecule has 0 aliphatic heterocycles. The van der Waals surface area contributed by atoms with Crippen molar-refractivity contribution in [2.24, 2.45) is 0 Å². The molecule has 0 atom stereocenters. The van der Waals surface area contributed by atoms with Crippen molar-refractivity contribution in [2.75, 3.05) is 0 Å². The van der Waals surface area contributed by atoms with Crippen molar-refractivity contribution in [1.29, 1.82) is 0 Å². The number of fused-ring (bicyclic) bond motifs is 5. The van der Waals surface area contributed by atoms with E-state index < -0.39 is 0 Å². The van der Waals surface area contributed by atoms with Crippen LogP contribution < -0.4 is 0 Å². The van der Waals surface area contributed by atoms with Gasteiger partial charge in [0.05, 0.1) is 22.2 Å². The first-order valence-electron chi connectivity index (χ1n) is 17.7. The predicted molar refractivity (Wildman–Crippen MR) is 217 cm³/mol. The van der Waals surface area contributed by atoms with Crippen molar-refractivity contribution in [2.45, 2.75) is 0 Å². The minimum absolute atomic E-state index is 0.621. The summed E-state index contributed by atoms with van der Waals surface area (Å²) in [5.41, 5.74) is 11.4. The summed E-state index contributed by atoms with van der Waals surface area (Å²) in [7, 11) is 0. The van der Waals surface area contributed by atoms with Crippen LogP contribution in [0.4, 0.5) is 0 Å². The van der Waals surface area contributed by atoms with E-state index in [0.717, 1.165) is 71.9 Å². The standard InChI is InChI=1S/C48H31N5/c1-4-14-32(15-5-1)33-24-26-36(27-25-33)47-50-46(35-18-8-3-9-19-35)51-48(52-47)37-28-30-38(31-29-37)53-42-23-13-11-21-40(42)43-44(34-16-6-2-7-17-34)49-41-22-12-10-20-39(41)45(43)53/h1-31H. The highest BCUT2D eigenvalue weighted by atomic mass is 15.0. The van der Waals surface area contributed by atoms with Gasteiger partial charge in [0.25, 0.3) is 0 Å². The summed E-state index contributed by atoms with van der Waals surface area (Å²) in [6.07, 6.45) is 0. The third-order valence-electron chi connectivity index (χ3n) is 9.85. The number of benzene rings is 7. The molecule has 7 aromatic carbocycles. The zero-order valence-electron chi connectivity index (χ0n) is 28.6. The number of pyridine rings is 1. The predicted octanol–water partition coefficient (Wildman–Crippen LogP) is 11.9. The van der Waals surface area contributed by atoms with Gasteiger partial charge in [-0.1, -0.05) is 152 Å². The quantitative estimate of drug-likeness (QED) is 0.176. The normalized spacial score (nSPS) is 11.4. The van der Waals surface area contributed by atoms with Crippen molar-refractivity contribution in [1.82, 2.24) is 24.5 Å². The lowest BCUT2D eigenvalue weighted by atomic mass is 10.0. The molecular formula is C48H31N5. The van der Waals surface area contributed by atoms with Gasteiger partial charge in [0.15, 0.2) is 17.5 Å². The van der Waals surface area contributed by atoms with E-state index in [1.54, 1.807) is 0 Å². The molecular weight excluding hydrogens is 647 g/mol. The lowest BCUT2D eigenvalue weighted by Crippen LogP contribution is -2.01. The molecule has 248 valence electrons. The Labute approximate surface area is 306 Å². The fourth-order valence-electron chi connectivity index (χ4n) is 7.31. The summed E-state index contributed by atoms with van der Waals surface area (Å²) >= 11 is 0. The molecule has 10 rings (SSSR count). The molecule has 0 spiro atoms. The first kappa shape index (κ1) is 30.6. The van der Waals surface area contributed by atoms with Crippen LogP contribution in [0.2, 0.25) is 0 Å². The maximum atomic E-state index is 5.24. The fourth-order valence-corrected chi connectivity index (χ4v) is 7.31. The van der Waals surface area contributed by atoms with Crippen LogP contribution in [0, 0.1) is 0 Å². The third-order valence-corrected chi connectivity index (χ3v) is 9.85. The maximum Gasteiger partial charge on any atom is 0.164 e. The van der Waals surface area contributed by atoms with Gasteiger partial charge in [-0.15, -0.1) is 0 Å². The van der Waals surface area contributed by atoms with Crippen molar-refractivity contribution in [3.8, 4) is 62.2 Å². The highest BCUT2D eigenvalue weighted by molar-refractivity contribution is 6.22. The Morgan fingerprint density at radius 1 is 0.321 bits per heavy atom. The topological polar surface area (TPSA) is 56.5 Å². The van der Waals surface area contributed by atoms with Gasteiger partial charge in [-0.05, 0) is 47.5 Å². The molecule has 3 aromatic heterocycles. The van der Waals surface area contributed by atoms with Gasteiger partial charge < -0.3 is 4.57 Å². The molecule has 5 heteroatoms. The molecule has 3 heterocycles. The Balaban J connectivity index is 1.13. The van der Waals surface area contributed by atoms with Crippen LogP contribution >= 0.6 is 0 Å². The zero-order valence-corrected chi connectivity index (χ0v) is 28.6. The number of para-hydroxylation sites is 2. The van der Waals surface area contributed by atoms with E-state index in [9.17, 15) is 0 Å². The van der Waals surface area contributed by atoms with Gasteiger partial charge >= 0.3 is 0 Å². The Bertz CT molecular complexity index is 2900. The maximum absolute atomic E-state index is 5.24. The fraction of sp³-hybridized carbons (Fsp3) is 0. The van der Waals surface area contributed by atoms with Crippen molar-refractivity contribution in [3.63, 3.8) is 0 Å². The van der Waals surface area contributed by atoms with E-state index in [0.29, 0.717) is 17.5 Å². The Hall–Kier alpha value is -7.24. The molecule has 0 bridgehead atoms. The van der Waals surface area contributed by atoms with Crippen LogP contribution in [0.1, 0.15) is 0 Å². The van der Waals surface area contributed by atoms with Crippen LogP contribution in [0.15, 0.2) is 188 Å². The van der Waals surface area contributed by atoms with Gasteiger partial charge in [-0.25, -0.2) is 19.9 Å². The average molecular weight is 678 g/mol. The van der Waals surface area contributed by atoms with Crippen LogP contribution in [-0.2, 0) is 0 Å². The van der Waals surface area contributed by atoms with Crippen LogP contribution in [0.25, 0.3) is 94.9 Å². The monoisotopic (exact) mass is 677 g/mol. The lowest BCUT2D eigenvalue weighted by Gasteiger charge is -2.13. The summed E-state index contributed by atoms with van der Waals surface area (Å²) in [5.74, 6) is 1.89. The molecule has 0 saturated carbocycles. The van der Waals surface area contributed by atoms with Crippen LogP contribution in [-0.4, -0.2) is 24.5 Å². The molecule has 0 aliphatic rings. The molecule has 0 unspecified atom stereocenters. The molecule has 5 nitrogen and oxygen atoms in total. The molecule has 10 aromatic rings. The van der Waals surface area contributed by atoms with E-state index in [1.807, 2.05) is 42.5 Å². The van der Waals surface area contributed by atoms with E-state index in [2.05, 4.69) is 150 Å². The van der Waals surface area contributed by atoms with Gasteiger partial charge in [0.1, 0.15) is 0 Å². The highest BCUT2D eigenvalue weighted by Crippen LogP contribution is 2.41. The van der Waals surface area contributed by atoms with Crippen LogP contribution in [0.3, 0.4) is 0 Å². The summed E-state index contributed by atoms with van der Waals surface area (Å²) < 4.78 is 2.37. The second-order valence-corrected chi connectivity index (χ2v) is 13.1. The minimum atomic E-state index is 0.621. The number of nitrogens with zero attached hydrogens (tertiary/aromatic N) is 5. The first-order chi connectivity index (χ1) is 26.3. The van der Waals surface area contributed by atoms with E-state index in [1.165, 1.54) is 5.56 Å². The molecule has 0 radical (unpaired) electrons. The number of hydrogen-bond acceptors (Lipinski definition) is 4. The minimum Gasteiger partial charge on any atom is -0.308 e. The first-order valence-corrected chi connectivity index (χ1v) is 17.7. The molecule has 0 fully saturated rings. The van der Waals surface area contributed by atoms with Gasteiger partial charge in [-0.3, -0.25) is 0 Å². The second kappa shape index (κ2) is 12.8. The van der Waals surface area contributed by atoms with Gasteiger partial charge in [-0.2, -0.15) is 0 Å². The largest absolute Gasteiger partial charge is 0.308 e. The van der Waals surface area contributed by atoms with E-state index in [4.69, 9.17) is 19.9 Å². The molecule has 0 N–H and O–H groups in total. The molecule has 0 saturated heterocycles. The SMILES string of the molecule is c1ccc(-c2ccc(-c3nc(-c4ccccc4)nc(-c4ccc(-n5c6ccccc6c6c(-c7ccccc7)nc7ccccc7c65)cc4)n3)cc2)cc1. The summed E-state index contributed by atoms with van der Waals surface area (Å²) in [5, 5.41) is 3.41. The van der Waals surface area contributed by atoms with Crippen molar-refractivity contribution in [3.05, 3.63) is 188 Å². The van der Waals surface area contributed by atoms with Crippen molar-refractivity contribution < 1.29 is 0 Å². The molecule has 0 aliphatic carbocycles. The third kappa shape index (κ3) is 5.43. The van der Waals surface area contributed by atoms with Gasteiger partial charge in [0.2, 0.25) is 0 Å². The van der Waals surface area contributed by atoms with Crippen LogP contribution in [0.5, 0.6) is 0 Å². The second-order valence-electron chi connectivity index (χ2n) is 13.1. The summed E-state index contributed by atoms with van der Waals surface area (Å²) in [6, 6.07) is 65.0. The average Bonchev–Trinajstić information content (AvgIpc) is 3.60. The number of hydrogen-bond donors (Lipinski definition) is 0. The van der Waals surface area contributed by atoms with Gasteiger partial charge in [0, 0.05) is 44.1 Å². The lowest BCUT2D eigenvalue weighted by molar-refractivity contribution is 1.07. The molecule has 0 amide bonds. The summed E-state index contributed by atoms with van der Waals surface area (Å²) in [6.45, 7) is 0. The van der Waals surface area contributed by atoms with Crippen molar-refractivity contribution >= 4 is 32.7 Å².